The smallest absolute Gasteiger partial charge is 0.213 e. The summed E-state index contributed by atoms with van der Waals surface area (Å²) in [6, 6.07) is 7.04. The van der Waals surface area contributed by atoms with Gasteiger partial charge in [0.05, 0.1) is 12.8 Å². The number of aryl methyl sites for hydroxylation is 2. The molecule has 19 heavy (non-hydrogen) atoms. The summed E-state index contributed by atoms with van der Waals surface area (Å²) in [5.41, 5.74) is 8.83. The van der Waals surface area contributed by atoms with Crippen LogP contribution in [0.5, 0.6) is 5.75 Å². The molecular weight excluding hydrogens is 240 g/mol. The van der Waals surface area contributed by atoms with E-state index in [0.29, 0.717) is 11.3 Å². The van der Waals surface area contributed by atoms with Gasteiger partial charge in [-0.1, -0.05) is 0 Å². The molecule has 1 heterocycles. The number of hydrogen-bond acceptors (Lipinski definition) is 4. The van der Waals surface area contributed by atoms with Gasteiger partial charge in [-0.15, -0.1) is 0 Å². The Hall–Kier alpha value is -2.36. The van der Waals surface area contributed by atoms with Crippen molar-refractivity contribution in [3.63, 3.8) is 0 Å². The number of nitrogen functional groups attached to an aromatic ring is 1. The van der Waals surface area contributed by atoms with E-state index in [9.17, 15) is 4.79 Å². The summed E-state index contributed by atoms with van der Waals surface area (Å²) < 4.78 is 5.24. The maximum absolute atomic E-state index is 12.5. The number of methoxy groups -OCH3 is 1. The minimum absolute atomic E-state index is 0.165. The van der Waals surface area contributed by atoms with Gasteiger partial charge >= 0.3 is 0 Å². The lowest BCUT2D eigenvalue weighted by atomic mass is 9.98. The molecule has 2 N–H and O–H groups in total. The number of nitrogens with zero attached hydrogens (tertiary/aromatic N) is 1. The van der Waals surface area contributed by atoms with Gasteiger partial charge in [-0.2, -0.15) is 0 Å². The van der Waals surface area contributed by atoms with Crippen LogP contribution in [0.15, 0.2) is 30.5 Å². The molecular formula is C15H16N2O2. The number of anilines is 1. The maximum Gasteiger partial charge on any atom is 0.213 e. The fourth-order valence-corrected chi connectivity index (χ4v) is 1.99. The van der Waals surface area contributed by atoms with Gasteiger partial charge in [0.25, 0.3) is 0 Å². The Labute approximate surface area is 112 Å². The number of ether oxygens (including phenoxy) is 1. The third-order valence-electron chi connectivity index (χ3n) is 3.04. The molecule has 0 bridgehead atoms. The number of benzene rings is 1. The van der Waals surface area contributed by atoms with Crippen LogP contribution in [0.3, 0.4) is 0 Å². The molecule has 0 spiro atoms. The molecule has 0 saturated carbocycles. The lowest BCUT2D eigenvalue weighted by Gasteiger charge is -2.11. The zero-order chi connectivity index (χ0) is 14.0. The molecule has 98 valence electrons. The molecule has 1 aromatic heterocycles. The summed E-state index contributed by atoms with van der Waals surface area (Å²) in [7, 11) is 1.61. The molecule has 0 aliphatic rings. The highest BCUT2D eigenvalue weighted by Gasteiger charge is 2.17. The molecule has 4 nitrogen and oxygen atoms in total. The van der Waals surface area contributed by atoms with E-state index in [1.807, 2.05) is 26.0 Å². The SMILES string of the molecule is COc1cc(C)c(C(=O)c2ncccc2N)cc1C. The molecule has 4 heteroatoms. The molecule has 0 atom stereocenters. The zero-order valence-electron chi connectivity index (χ0n) is 11.2. The van der Waals surface area contributed by atoms with Gasteiger partial charge in [0, 0.05) is 11.8 Å². The summed E-state index contributed by atoms with van der Waals surface area (Å²) in [6.45, 7) is 3.77. The van der Waals surface area contributed by atoms with Crippen LogP contribution in [0.2, 0.25) is 0 Å². The van der Waals surface area contributed by atoms with Crippen LogP contribution in [0.1, 0.15) is 27.2 Å². The predicted molar refractivity (Wildman–Crippen MR) is 74.5 cm³/mol. The zero-order valence-corrected chi connectivity index (χ0v) is 11.2. The third-order valence-corrected chi connectivity index (χ3v) is 3.04. The number of carbonyl (C=O) groups excluding carboxylic acids is 1. The molecule has 0 aliphatic carbocycles. The number of aromatic nitrogens is 1. The Morgan fingerprint density at radius 3 is 2.63 bits per heavy atom. The second kappa shape index (κ2) is 5.10. The van der Waals surface area contributed by atoms with Crippen molar-refractivity contribution >= 4 is 11.5 Å². The van der Waals surface area contributed by atoms with E-state index < -0.39 is 0 Å². The summed E-state index contributed by atoms with van der Waals surface area (Å²) in [6.07, 6.45) is 1.56. The monoisotopic (exact) mass is 256 g/mol. The van der Waals surface area contributed by atoms with Crippen molar-refractivity contribution in [2.45, 2.75) is 13.8 Å². The summed E-state index contributed by atoms with van der Waals surface area (Å²) in [5, 5.41) is 0. The molecule has 0 fully saturated rings. The highest BCUT2D eigenvalue weighted by molar-refractivity contribution is 6.11. The molecule has 0 amide bonds. The second-order valence-electron chi connectivity index (χ2n) is 4.41. The lowest BCUT2D eigenvalue weighted by molar-refractivity contribution is 0.103. The van der Waals surface area contributed by atoms with E-state index in [1.165, 1.54) is 0 Å². The number of carbonyl (C=O) groups is 1. The first-order chi connectivity index (χ1) is 9.04. The van der Waals surface area contributed by atoms with Crippen molar-refractivity contribution in [2.75, 3.05) is 12.8 Å². The quantitative estimate of drug-likeness (QED) is 0.857. The van der Waals surface area contributed by atoms with Gasteiger partial charge in [-0.05, 0) is 49.2 Å². The van der Waals surface area contributed by atoms with Gasteiger partial charge < -0.3 is 10.5 Å². The molecule has 0 unspecified atom stereocenters. The van der Waals surface area contributed by atoms with Crippen LogP contribution in [0.4, 0.5) is 5.69 Å². The van der Waals surface area contributed by atoms with Gasteiger partial charge in [0.15, 0.2) is 0 Å². The van der Waals surface area contributed by atoms with Gasteiger partial charge in [0.1, 0.15) is 11.4 Å². The van der Waals surface area contributed by atoms with Crippen LogP contribution in [-0.4, -0.2) is 17.9 Å². The van der Waals surface area contributed by atoms with Crippen LogP contribution in [0, 0.1) is 13.8 Å². The van der Waals surface area contributed by atoms with Gasteiger partial charge in [-0.3, -0.25) is 9.78 Å². The highest BCUT2D eigenvalue weighted by Crippen LogP contribution is 2.25. The Morgan fingerprint density at radius 2 is 2.00 bits per heavy atom. The fourth-order valence-electron chi connectivity index (χ4n) is 1.99. The first-order valence-corrected chi connectivity index (χ1v) is 5.95. The Balaban J connectivity index is 2.51. The second-order valence-corrected chi connectivity index (χ2v) is 4.41. The number of ketones is 1. The highest BCUT2D eigenvalue weighted by atomic mass is 16.5. The van der Waals surface area contributed by atoms with Crippen molar-refractivity contribution in [1.29, 1.82) is 0 Å². The van der Waals surface area contributed by atoms with E-state index in [0.717, 1.165) is 16.9 Å². The Kier molecular flexibility index (Phi) is 3.51. The standard InChI is InChI=1S/C15H16N2O2/c1-9-8-13(19-3)10(2)7-11(9)15(18)14-12(16)5-4-6-17-14/h4-8H,16H2,1-3H3. The normalized spacial score (nSPS) is 10.3. The molecule has 2 aromatic rings. The largest absolute Gasteiger partial charge is 0.496 e. The van der Waals surface area contributed by atoms with Crippen molar-refractivity contribution in [2.24, 2.45) is 0 Å². The van der Waals surface area contributed by atoms with E-state index in [1.54, 1.807) is 25.4 Å². The van der Waals surface area contributed by atoms with Crippen LogP contribution >= 0.6 is 0 Å². The Bertz CT molecular complexity index is 636. The van der Waals surface area contributed by atoms with E-state index in [-0.39, 0.29) is 11.5 Å². The third kappa shape index (κ3) is 2.42. The first kappa shape index (κ1) is 13.1. The fraction of sp³-hybridized carbons (Fsp3) is 0.200. The predicted octanol–water partition coefficient (Wildman–Crippen LogP) is 2.52. The maximum atomic E-state index is 12.5. The average Bonchev–Trinajstić information content (AvgIpc) is 2.40. The van der Waals surface area contributed by atoms with Crippen LogP contribution < -0.4 is 10.5 Å². The molecule has 0 radical (unpaired) electrons. The average molecular weight is 256 g/mol. The number of nitrogens with two attached hydrogens (primary N) is 1. The topological polar surface area (TPSA) is 65.2 Å². The van der Waals surface area contributed by atoms with Crippen molar-refractivity contribution in [3.05, 3.63) is 52.8 Å². The minimum atomic E-state index is -0.165. The summed E-state index contributed by atoms with van der Waals surface area (Å²) in [5.74, 6) is 0.601. The first-order valence-electron chi connectivity index (χ1n) is 5.95. The molecule has 1 aromatic carbocycles. The molecule has 0 aliphatic heterocycles. The lowest BCUT2D eigenvalue weighted by Crippen LogP contribution is -2.10. The Morgan fingerprint density at radius 1 is 1.26 bits per heavy atom. The molecule has 0 saturated heterocycles. The van der Waals surface area contributed by atoms with E-state index in [4.69, 9.17) is 10.5 Å². The van der Waals surface area contributed by atoms with E-state index in [2.05, 4.69) is 4.98 Å². The number of pyridine rings is 1. The van der Waals surface area contributed by atoms with Crippen molar-refractivity contribution < 1.29 is 9.53 Å². The summed E-state index contributed by atoms with van der Waals surface area (Å²) in [4.78, 5) is 16.5. The number of rotatable bonds is 3. The van der Waals surface area contributed by atoms with E-state index >= 15 is 0 Å². The van der Waals surface area contributed by atoms with Crippen LogP contribution in [0.25, 0.3) is 0 Å². The van der Waals surface area contributed by atoms with Crippen molar-refractivity contribution in [1.82, 2.24) is 4.98 Å². The van der Waals surface area contributed by atoms with Gasteiger partial charge in [-0.25, -0.2) is 0 Å². The number of hydrogen-bond donors (Lipinski definition) is 1. The molecule has 2 rings (SSSR count). The van der Waals surface area contributed by atoms with Crippen molar-refractivity contribution in [3.8, 4) is 5.75 Å². The van der Waals surface area contributed by atoms with Gasteiger partial charge in [0.2, 0.25) is 5.78 Å². The van der Waals surface area contributed by atoms with Crippen LogP contribution in [-0.2, 0) is 0 Å². The minimum Gasteiger partial charge on any atom is -0.496 e. The summed E-state index contributed by atoms with van der Waals surface area (Å²) >= 11 is 0.